The highest BCUT2D eigenvalue weighted by molar-refractivity contribution is 6.02. The fraction of sp³-hybridized carbons (Fsp3) is 0.147. The van der Waals surface area contributed by atoms with Crippen LogP contribution >= 0.6 is 0 Å². The molecule has 0 bridgehead atoms. The normalized spacial score (nSPS) is 11.6. The standard InChI is InChI=1S/C34H32N2/c1-23-5-12-27(13-6-23)20-29(21-35-30-16-9-25(3)10-17-30)32-22-36-33-18-11-26(4)19-31(33)34(32)28-14-7-24(2)8-15-28/h5-20,22,35H,21H2,1-4H3/b29-20+. The number of aromatic nitrogens is 1. The van der Waals surface area contributed by atoms with Crippen molar-refractivity contribution in [2.75, 3.05) is 11.9 Å². The van der Waals surface area contributed by atoms with Gasteiger partial charge in [-0.25, -0.2) is 0 Å². The zero-order chi connectivity index (χ0) is 25.1. The van der Waals surface area contributed by atoms with E-state index in [1.54, 1.807) is 0 Å². The summed E-state index contributed by atoms with van der Waals surface area (Å²) >= 11 is 0. The summed E-state index contributed by atoms with van der Waals surface area (Å²) in [6.07, 6.45) is 4.33. The van der Waals surface area contributed by atoms with Crippen LogP contribution in [0.1, 0.15) is 33.4 Å². The topological polar surface area (TPSA) is 24.9 Å². The largest absolute Gasteiger partial charge is 0.381 e. The van der Waals surface area contributed by atoms with E-state index >= 15 is 0 Å². The van der Waals surface area contributed by atoms with Crippen molar-refractivity contribution < 1.29 is 0 Å². The Morgan fingerprint density at radius 2 is 1.28 bits per heavy atom. The second-order valence-electron chi connectivity index (χ2n) is 9.73. The van der Waals surface area contributed by atoms with E-state index in [2.05, 4.69) is 130 Å². The van der Waals surface area contributed by atoms with Gasteiger partial charge in [-0.15, -0.1) is 0 Å². The molecule has 0 aliphatic heterocycles. The molecule has 0 amide bonds. The van der Waals surface area contributed by atoms with Crippen molar-refractivity contribution in [3.05, 3.63) is 131 Å². The molecule has 0 aliphatic carbocycles. The molecule has 0 fully saturated rings. The van der Waals surface area contributed by atoms with Gasteiger partial charge in [-0.1, -0.05) is 89.0 Å². The van der Waals surface area contributed by atoms with Gasteiger partial charge in [-0.3, -0.25) is 4.98 Å². The summed E-state index contributed by atoms with van der Waals surface area (Å²) in [4.78, 5) is 4.90. The minimum Gasteiger partial charge on any atom is -0.381 e. The summed E-state index contributed by atoms with van der Waals surface area (Å²) in [5, 5.41) is 4.84. The van der Waals surface area contributed by atoms with Gasteiger partial charge in [-0.05, 0) is 74.7 Å². The van der Waals surface area contributed by atoms with Crippen molar-refractivity contribution in [3.8, 4) is 11.1 Å². The van der Waals surface area contributed by atoms with Crippen molar-refractivity contribution in [1.82, 2.24) is 4.98 Å². The van der Waals surface area contributed by atoms with Crippen LogP contribution in [-0.2, 0) is 0 Å². The van der Waals surface area contributed by atoms with Crippen molar-refractivity contribution in [3.63, 3.8) is 0 Å². The van der Waals surface area contributed by atoms with Crippen molar-refractivity contribution in [2.24, 2.45) is 0 Å². The Morgan fingerprint density at radius 3 is 1.94 bits per heavy atom. The quantitative estimate of drug-likeness (QED) is 0.269. The highest BCUT2D eigenvalue weighted by Gasteiger charge is 2.15. The summed E-state index contributed by atoms with van der Waals surface area (Å²) in [7, 11) is 0. The van der Waals surface area contributed by atoms with E-state index in [-0.39, 0.29) is 0 Å². The lowest BCUT2D eigenvalue weighted by Gasteiger charge is -2.18. The number of nitrogens with zero attached hydrogens (tertiary/aromatic N) is 1. The van der Waals surface area contributed by atoms with Gasteiger partial charge in [0, 0.05) is 34.9 Å². The van der Waals surface area contributed by atoms with Gasteiger partial charge in [0.2, 0.25) is 0 Å². The smallest absolute Gasteiger partial charge is 0.0708 e. The average Bonchev–Trinajstić information content (AvgIpc) is 2.88. The molecule has 36 heavy (non-hydrogen) atoms. The first-order chi connectivity index (χ1) is 17.5. The highest BCUT2D eigenvalue weighted by atomic mass is 14.9. The molecule has 1 N–H and O–H groups in total. The number of pyridine rings is 1. The van der Waals surface area contributed by atoms with Crippen LogP contribution in [0.2, 0.25) is 0 Å². The molecule has 5 rings (SSSR count). The molecule has 178 valence electrons. The number of aryl methyl sites for hydroxylation is 4. The monoisotopic (exact) mass is 468 g/mol. The van der Waals surface area contributed by atoms with Gasteiger partial charge in [0.25, 0.3) is 0 Å². The Kier molecular flexibility index (Phi) is 6.69. The van der Waals surface area contributed by atoms with Crippen LogP contribution in [0.4, 0.5) is 5.69 Å². The van der Waals surface area contributed by atoms with E-state index in [1.165, 1.54) is 49.9 Å². The maximum absolute atomic E-state index is 4.90. The van der Waals surface area contributed by atoms with Gasteiger partial charge in [0.1, 0.15) is 0 Å². The third kappa shape index (κ3) is 5.23. The van der Waals surface area contributed by atoms with Crippen LogP contribution in [0.3, 0.4) is 0 Å². The summed E-state index contributed by atoms with van der Waals surface area (Å²) in [6.45, 7) is 9.21. The molecule has 0 atom stereocenters. The van der Waals surface area contributed by atoms with Crippen molar-refractivity contribution in [2.45, 2.75) is 27.7 Å². The molecule has 2 heteroatoms. The summed E-state index contributed by atoms with van der Waals surface area (Å²) in [6, 6.07) is 32.6. The summed E-state index contributed by atoms with van der Waals surface area (Å²) < 4.78 is 0. The third-order valence-electron chi connectivity index (χ3n) is 6.66. The van der Waals surface area contributed by atoms with Crippen molar-refractivity contribution in [1.29, 1.82) is 0 Å². The van der Waals surface area contributed by atoms with E-state index in [1.807, 2.05) is 6.20 Å². The second-order valence-corrected chi connectivity index (χ2v) is 9.73. The lowest BCUT2D eigenvalue weighted by atomic mass is 9.90. The Labute approximate surface area is 214 Å². The molecule has 0 unspecified atom stereocenters. The first kappa shape index (κ1) is 23.6. The molecular weight excluding hydrogens is 436 g/mol. The highest BCUT2D eigenvalue weighted by Crippen LogP contribution is 2.36. The first-order valence-electron chi connectivity index (χ1n) is 12.5. The molecule has 1 heterocycles. The number of benzene rings is 4. The fourth-order valence-electron chi connectivity index (χ4n) is 4.54. The Bertz CT molecular complexity index is 1520. The molecule has 0 saturated heterocycles. The third-order valence-corrected chi connectivity index (χ3v) is 6.66. The Hall–Kier alpha value is -4.17. The molecule has 5 aromatic rings. The van der Waals surface area contributed by atoms with Crippen LogP contribution in [0.15, 0.2) is 97.2 Å². The molecule has 0 saturated carbocycles. The second kappa shape index (κ2) is 10.2. The molecular formula is C34H32N2. The lowest BCUT2D eigenvalue weighted by molar-refractivity contribution is 1.31. The van der Waals surface area contributed by atoms with E-state index in [0.29, 0.717) is 6.54 Å². The predicted molar refractivity (Wildman–Crippen MR) is 155 cm³/mol. The van der Waals surface area contributed by atoms with E-state index in [0.717, 1.165) is 16.8 Å². The SMILES string of the molecule is Cc1ccc(/C=C(\CNc2ccc(C)cc2)c2cnc3ccc(C)cc3c2-c2ccc(C)cc2)cc1. The minimum absolute atomic E-state index is 0.689. The molecule has 0 aliphatic rings. The lowest BCUT2D eigenvalue weighted by Crippen LogP contribution is -2.06. The predicted octanol–water partition coefficient (Wildman–Crippen LogP) is 8.79. The minimum atomic E-state index is 0.689. The molecule has 2 nitrogen and oxygen atoms in total. The molecule has 0 spiro atoms. The van der Waals surface area contributed by atoms with Gasteiger partial charge in [0.05, 0.1) is 5.52 Å². The van der Waals surface area contributed by atoms with Gasteiger partial charge < -0.3 is 5.32 Å². The molecule has 1 aromatic heterocycles. The number of rotatable bonds is 6. The van der Waals surface area contributed by atoms with Gasteiger partial charge in [-0.2, -0.15) is 0 Å². The average molecular weight is 469 g/mol. The van der Waals surface area contributed by atoms with Crippen LogP contribution in [0.25, 0.3) is 33.7 Å². The first-order valence-corrected chi connectivity index (χ1v) is 12.5. The number of nitrogens with one attached hydrogen (secondary N) is 1. The number of fused-ring (bicyclic) bond motifs is 1. The van der Waals surface area contributed by atoms with Crippen LogP contribution in [-0.4, -0.2) is 11.5 Å². The van der Waals surface area contributed by atoms with Gasteiger partial charge in [0.15, 0.2) is 0 Å². The number of hydrogen-bond acceptors (Lipinski definition) is 2. The summed E-state index contributed by atoms with van der Waals surface area (Å²) in [5.41, 5.74) is 13.1. The Balaban J connectivity index is 1.69. The molecule has 4 aromatic carbocycles. The van der Waals surface area contributed by atoms with E-state index < -0.39 is 0 Å². The fourth-order valence-corrected chi connectivity index (χ4v) is 4.54. The Morgan fingerprint density at radius 1 is 0.694 bits per heavy atom. The molecule has 0 radical (unpaired) electrons. The van der Waals surface area contributed by atoms with Crippen LogP contribution in [0.5, 0.6) is 0 Å². The maximum atomic E-state index is 4.90. The van der Waals surface area contributed by atoms with E-state index in [9.17, 15) is 0 Å². The number of hydrogen-bond donors (Lipinski definition) is 1. The van der Waals surface area contributed by atoms with E-state index in [4.69, 9.17) is 4.98 Å². The summed E-state index contributed by atoms with van der Waals surface area (Å²) in [5.74, 6) is 0. The maximum Gasteiger partial charge on any atom is 0.0708 e. The number of anilines is 1. The van der Waals surface area contributed by atoms with Crippen molar-refractivity contribution >= 4 is 28.2 Å². The van der Waals surface area contributed by atoms with Crippen LogP contribution in [0, 0.1) is 27.7 Å². The zero-order valence-corrected chi connectivity index (χ0v) is 21.5. The zero-order valence-electron chi connectivity index (χ0n) is 21.5. The van der Waals surface area contributed by atoms with Crippen LogP contribution < -0.4 is 5.32 Å². The van der Waals surface area contributed by atoms with Gasteiger partial charge >= 0.3 is 0 Å².